The van der Waals surface area contributed by atoms with E-state index in [9.17, 15) is 4.79 Å². The molecule has 0 aromatic rings. The normalized spacial score (nSPS) is 6.83. The van der Waals surface area contributed by atoms with Crippen LogP contribution in [0.4, 0.5) is 4.79 Å². The van der Waals surface area contributed by atoms with Crippen LogP contribution in [0.1, 0.15) is 0 Å². The number of nitrogens with two attached hydrogens (primary N) is 1. The third-order valence-electron chi connectivity index (χ3n) is 0.206. The maximum absolute atomic E-state index is 9.75. The predicted molar refractivity (Wildman–Crippen MR) is 20.9 cm³/mol. The number of hydrogen-bond acceptors (Lipinski definition) is 2. The van der Waals surface area contributed by atoms with Gasteiger partial charge in [-0.3, -0.25) is 0 Å². The molecule has 0 aliphatic rings. The molecule has 0 heterocycles. The van der Waals surface area contributed by atoms with Crippen LogP contribution in [0.5, 0.6) is 0 Å². The Morgan fingerprint density at radius 3 is 2.50 bits per heavy atom. The second-order valence-corrected chi connectivity index (χ2v) is 0.924. The van der Waals surface area contributed by atoms with Gasteiger partial charge < -0.3 is 0 Å². The second-order valence-electron chi connectivity index (χ2n) is 0.541. The molecule has 0 spiro atoms. The van der Waals surface area contributed by atoms with Crippen molar-refractivity contribution in [2.45, 2.75) is 0 Å². The molecule has 34 valence electrons. The summed E-state index contributed by atoms with van der Waals surface area (Å²) in [6.07, 6.45) is 0. The van der Waals surface area contributed by atoms with Crippen molar-refractivity contribution in [2.75, 3.05) is 0 Å². The summed E-state index contributed by atoms with van der Waals surface area (Å²) in [5.41, 5.74) is 1.78. The van der Waals surface area contributed by atoms with Gasteiger partial charge in [-0.2, -0.15) is 0 Å². The van der Waals surface area contributed by atoms with Crippen LogP contribution in [0.3, 0.4) is 0 Å². The first-order valence-electron chi connectivity index (χ1n) is 1.15. The van der Waals surface area contributed by atoms with Gasteiger partial charge in [-0.25, -0.2) is 0 Å². The number of urea groups is 1. The molecule has 0 aliphatic heterocycles. The molecular formula is CH3N3OSe. The molecule has 3 N–H and O–H groups in total. The van der Waals surface area contributed by atoms with Crippen molar-refractivity contribution >= 4 is 21.8 Å². The Labute approximate surface area is 42.7 Å². The summed E-state index contributed by atoms with van der Waals surface area (Å²) in [6, 6.07) is -0.560. The van der Waals surface area contributed by atoms with E-state index in [2.05, 4.69) is 25.6 Å². The molecule has 0 radical (unpaired) electrons. The van der Waals surface area contributed by atoms with Gasteiger partial charge in [0.25, 0.3) is 0 Å². The van der Waals surface area contributed by atoms with Gasteiger partial charge in [0, 0.05) is 0 Å². The standard InChI is InChI=1S/CH3N3OSe/c2-3-1(5)4-6/h2H2,(H,3,5). The summed E-state index contributed by atoms with van der Waals surface area (Å²) in [5.74, 6) is 4.57. The van der Waals surface area contributed by atoms with Crippen LogP contribution in [-0.2, 0) is 0 Å². The molecule has 6 heavy (non-hydrogen) atoms. The van der Waals surface area contributed by atoms with Crippen molar-refractivity contribution in [3.05, 3.63) is 0 Å². The number of nitrogens with one attached hydrogen (secondary N) is 1. The van der Waals surface area contributed by atoms with Crippen molar-refractivity contribution < 1.29 is 4.79 Å². The van der Waals surface area contributed by atoms with Gasteiger partial charge in [0.05, 0.1) is 0 Å². The minimum atomic E-state index is -0.560. The van der Waals surface area contributed by atoms with Crippen LogP contribution in [0.2, 0.25) is 0 Å². The molecule has 0 aromatic carbocycles. The zero-order chi connectivity index (χ0) is 4.99. The molecule has 0 saturated carbocycles. The van der Waals surface area contributed by atoms with E-state index in [4.69, 9.17) is 0 Å². The molecule has 4 nitrogen and oxygen atoms in total. The number of hydrazine groups is 1. The molecule has 0 saturated heterocycles. The number of nitrogens with zero attached hydrogens (tertiary/aromatic N) is 1. The second kappa shape index (κ2) is 2.96. The molecule has 0 aliphatic carbocycles. The number of carbonyl (C=O) groups excluding carboxylic acids is 1. The summed E-state index contributed by atoms with van der Waals surface area (Å²) in [7, 11) is 0. The molecule has 0 rings (SSSR count). The fourth-order valence-electron chi connectivity index (χ4n) is 0.0264. The van der Waals surface area contributed by atoms with E-state index < -0.39 is 6.03 Å². The third kappa shape index (κ3) is 2.02. The molecule has 0 fully saturated rings. The van der Waals surface area contributed by atoms with E-state index in [1.807, 2.05) is 0 Å². The summed E-state index contributed by atoms with van der Waals surface area (Å²) >= 11 is 2.13. The Kier molecular flexibility index (Phi) is 2.84. The Hall–Kier alpha value is -0.251. The fourth-order valence-corrected chi connectivity index (χ4v) is 0.137. The van der Waals surface area contributed by atoms with Crippen molar-refractivity contribution in [2.24, 2.45) is 9.80 Å². The topological polar surface area (TPSA) is 67.5 Å². The third-order valence-corrected chi connectivity index (χ3v) is 0.554. The molecule has 0 aromatic heterocycles. The van der Waals surface area contributed by atoms with Gasteiger partial charge in [0.15, 0.2) is 0 Å². The number of hydrogen-bond donors (Lipinski definition) is 2. The maximum atomic E-state index is 9.75. The van der Waals surface area contributed by atoms with Crippen LogP contribution in [-0.4, -0.2) is 21.8 Å². The monoisotopic (exact) mass is 153 g/mol. The number of rotatable bonds is 0. The molecular weight excluding hydrogens is 149 g/mol. The summed E-state index contributed by atoms with van der Waals surface area (Å²) in [6.45, 7) is 0. The minimum absolute atomic E-state index is 0.560. The first-order chi connectivity index (χ1) is 2.81. The summed E-state index contributed by atoms with van der Waals surface area (Å²) in [5, 5.41) is 0. The molecule has 0 atom stereocenters. The molecule has 0 unspecified atom stereocenters. The van der Waals surface area contributed by atoms with E-state index in [1.54, 1.807) is 5.43 Å². The van der Waals surface area contributed by atoms with Gasteiger partial charge in [0.1, 0.15) is 0 Å². The summed E-state index contributed by atoms with van der Waals surface area (Å²) in [4.78, 5) is 9.75. The first kappa shape index (κ1) is 5.75. The van der Waals surface area contributed by atoms with Crippen LogP contribution in [0.15, 0.2) is 3.96 Å². The number of carbonyl (C=O) groups is 1. The predicted octanol–water partition coefficient (Wildman–Crippen LogP) is -1.08. The van der Waals surface area contributed by atoms with E-state index in [-0.39, 0.29) is 0 Å². The van der Waals surface area contributed by atoms with Crippen LogP contribution in [0.25, 0.3) is 0 Å². The first-order valence-corrected chi connectivity index (χ1v) is 1.92. The average Bonchev–Trinajstić information content (AvgIpc) is 1.65. The SMILES string of the molecule is NNC(=O)N=[Se]. The van der Waals surface area contributed by atoms with Crippen molar-refractivity contribution in [1.82, 2.24) is 5.43 Å². The van der Waals surface area contributed by atoms with E-state index in [0.717, 1.165) is 0 Å². The Bertz CT molecular complexity index is 71.2. The van der Waals surface area contributed by atoms with Crippen molar-refractivity contribution in [3.63, 3.8) is 0 Å². The molecule has 5 heteroatoms. The average molecular weight is 152 g/mol. The zero-order valence-corrected chi connectivity index (χ0v) is 4.55. The van der Waals surface area contributed by atoms with Crippen LogP contribution < -0.4 is 11.3 Å². The van der Waals surface area contributed by atoms with Gasteiger partial charge in [0.2, 0.25) is 0 Å². The number of amides is 2. The van der Waals surface area contributed by atoms with Gasteiger partial charge >= 0.3 is 41.9 Å². The van der Waals surface area contributed by atoms with Gasteiger partial charge in [-0.05, 0) is 0 Å². The van der Waals surface area contributed by atoms with Crippen LogP contribution >= 0.6 is 0 Å². The fraction of sp³-hybridized carbons (Fsp3) is 0. The molecule has 2 amide bonds. The van der Waals surface area contributed by atoms with Crippen molar-refractivity contribution in [1.29, 1.82) is 0 Å². The van der Waals surface area contributed by atoms with E-state index in [1.165, 1.54) is 0 Å². The van der Waals surface area contributed by atoms with Crippen molar-refractivity contribution in [3.8, 4) is 0 Å². The van der Waals surface area contributed by atoms with Crippen LogP contribution in [0, 0.1) is 0 Å². The zero-order valence-electron chi connectivity index (χ0n) is 2.84. The molecule has 0 bridgehead atoms. The van der Waals surface area contributed by atoms with Gasteiger partial charge in [-0.15, -0.1) is 0 Å². The van der Waals surface area contributed by atoms with E-state index >= 15 is 0 Å². The Balaban J connectivity index is 3.23. The Morgan fingerprint density at radius 1 is 2.00 bits per heavy atom. The summed E-state index contributed by atoms with van der Waals surface area (Å²) < 4.78 is 3.01. The quantitative estimate of drug-likeness (QED) is 0.200. The Morgan fingerprint density at radius 2 is 2.50 bits per heavy atom. The van der Waals surface area contributed by atoms with Gasteiger partial charge in [-0.1, -0.05) is 0 Å². The van der Waals surface area contributed by atoms with E-state index in [0.29, 0.717) is 0 Å².